The predicted octanol–water partition coefficient (Wildman–Crippen LogP) is 6.20. The van der Waals surface area contributed by atoms with Crippen LogP contribution in [0.15, 0.2) is 66.7 Å². The van der Waals surface area contributed by atoms with Gasteiger partial charge in [-0.15, -0.1) is 0 Å². The Morgan fingerprint density at radius 2 is 1.73 bits per heavy atom. The minimum Gasteiger partial charge on any atom is -0.491 e. The second-order valence-electron chi connectivity index (χ2n) is 11.0. The number of carbonyl (C=O) groups is 1. The number of sulfonamides is 1. The van der Waals surface area contributed by atoms with Gasteiger partial charge in [0, 0.05) is 11.3 Å². The summed E-state index contributed by atoms with van der Waals surface area (Å²) in [5.41, 5.74) is 5.58. The second kappa shape index (κ2) is 9.53. The van der Waals surface area contributed by atoms with Crippen molar-refractivity contribution in [2.75, 3.05) is 5.32 Å². The highest BCUT2D eigenvalue weighted by atomic mass is 32.2. The fourth-order valence-electron chi connectivity index (χ4n) is 5.01. The van der Waals surface area contributed by atoms with Gasteiger partial charge in [0.2, 0.25) is 10.0 Å². The van der Waals surface area contributed by atoms with Crippen molar-refractivity contribution < 1.29 is 17.9 Å². The van der Waals surface area contributed by atoms with Crippen LogP contribution in [0.25, 0.3) is 11.1 Å². The van der Waals surface area contributed by atoms with Gasteiger partial charge in [0.15, 0.2) is 0 Å². The molecule has 1 heterocycles. The zero-order valence-electron chi connectivity index (χ0n) is 21.7. The molecule has 2 aliphatic rings. The van der Waals surface area contributed by atoms with E-state index in [1.165, 1.54) is 5.56 Å². The molecule has 0 aromatic heterocycles. The molecule has 1 amide bonds. The van der Waals surface area contributed by atoms with E-state index in [2.05, 4.69) is 60.3 Å². The van der Waals surface area contributed by atoms with Crippen molar-refractivity contribution in [3.05, 3.63) is 83.4 Å². The average Bonchev–Trinajstić information content (AvgIpc) is 3.70. The van der Waals surface area contributed by atoms with E-state index in [1.807, 2.05) is 38.1 Å². The Labute approximate surface area is 219 Å². The Balaban J connectivity index is 1.37. The first-order valence-electron chi connectivity index (χ1n) is 12.9. The van der Waals surface area contributed by atoms with Gasteiger partial charge in [-0.3, -0.25) is 4.79 Å². The Morgan fingerprint density at radius 1 is 1.00 bits per heavy atom. The van der Waals surface area contributed by atoms with E-state index in [-0.39, 0.29) is 17.6 Å². The predicted molar refractivity (Wildman–Crippen MR) is 147 cm³/mol. The molecule has 5 rings (SSSR count). The Hall–Kier alpha value is -3.32. The number of nitrogens with one attached hydrogen (secondary N) is 2. The maximum atomic E-state index is 12.7. The van der Waals surface area contributed by atoms with Crippen molar-refractivity contribution in [1.29, 1.82) is 0 Å². The number of hydrogen-bond donors (Lipinski definition) is 2. The highest BCUT2D eigenvalue weighted by molar-refractivity contribution is 7.91. The summed E-state index contributed by atoms with van der Waals surface area (Å²) in [4.78, 5) is 12.7. The van der Waals surface area contributed by atoms with Crippen LogP contribution in [0.4, 0.5) is 5.69 Å². The number of hydrogen-bond acceptors (Lipinski definition) is 5. The van der Waals surface area contributed by atoms with Gasteiger partial charge in [-0.25, -0.2) is 13.1 Å². The summed E-state index contributed by atoms with van der Waals surface area (Å²) in [6, 6.07) is 22.2. The topological polar surface area (TPSA) is 84.5 Å². The number of carbonyl (C=O) groups excluding carboxylic acids is 1. The van der Waals surface area contributed by atoms with Gasteiger partial charge in [-0.05, 0) is 97.2 Å². The summed E-state index contributed by atoms with van der Waals surface area (Å²) >= 11 is 0. The van der Waals surface area contributed by atoms with Gasteiger partial charge in [0.25, 0.3) is 5.91 Å². The molecule has 3 aromatic rings. The van der Waals surface area contributed by atoms with Crippen molar-refractivity contribution in [1.82, 2.24) is 4.72 Å². The summed E-state index contributed by atoms with van der Waals surface area (Å²) in [6.45, 7) is 8.37. The van der Waals surface area contributed by atoms with Crippen LogP contribution in [0, 0.1) is 0 Å². The zero-order chi connectivity index (χ0) is 26.4. The lowest BCUT2D eigenvalue weighted by Crippen LogP contribution is -2.34. The summed E-state index contributed by atoms with van der Waals surface area (Å²) in [6.07, 6.45) is 2.20. The SMILES string of the molecule is CC(C)Oc1ccc(-c2cccc(C3CC(C)(C)c4cc(C(=O)NS(=O)(=O)C5CC5)ccc4N3)c2)cc1. The molecule has 0 bridgehead atoms. The molecule has 2 N–H and O–H groups in total. The van der Waals surface area contributed by atoms with Gasteiger partial charge in [0.05, 0.1) is 17.4 Å². The number of anilines is 1. The minimum absolute atomic E-state index is 0.0981. The quantitative estimate of drug-likeness (QED) is 0.389. The minimum atomic E-state index is -3.59. The van der Waals surface area contributed by atoms with Crippen LogP contribution < -0.4 is 14.8 Å². The Morgan fingerprint density at radius 3 is 2.41 bits per heavy atom. The zero-order valence-corrected chi connectivity index (χ0v) is 22.6. The van der Waals surface area contributed by atoms with E-state index >= 15 is 0 Å². The van der Waals surface area contributed by atoms with E-state index < -0.39 is 21.2 Å². The molecule has 1 atom stereocenters. The molecule has 6 nitrogen and oxygen atoms in total. The first kappa shape index (κ1) is 25.3. The third-order valence-corrected chi connectivity index (χ3v) is 8.92. The van der Waals surface area contributed by atoms with Crippen LogP contribution in [0.5, 0.6) is 5.75 Å². The first-order chi connectivity index (χ1) is 17.5. The van der Waals surface area contributed by atoms with Crippen LogP contribution in [-0.4, -0.2) is 25.7 Å². The van der Waals surface area contributed by atoms with Crippen molar-refractivity contribution in [3.63, 3.8) is 0 Å². The molecule has 194 valence electrons. The van der Waals surface area contributed by atoms with Crippen LogP contribution in [0.1, 0.15) is 74.5 Å². The van der Waals surface area contributed by atoms with Crippen LogP contribution in [0.3, 0.4) is 0 Å². The summed E-state index contributed by atoms with van der Waals surface area (Å²) < 4.78 is 32.5. The third-order valence-electron chi connectivity index (χ3n) is 7.10. The van der Waals surface area contributed by atoms with Gasteiger partial charge in [-0.2, -0.15) is 0 Å². The lowest BCUT2D eigenvalue weighted by Gasteiger charge is -2.39. The lowest BCUT2D eigenvalue weighted by atomic mass is 9.73. The second-order valence-corrected chi connectivity index (χ2v) is 13.0. The fourth-order valence-corrected chi connectivity index (χ4v) is 6.31. The molecule has 0 spiro atoms. The van der Waals surface area contributed by atoms with Crippen LogP contribution >= 0.6 is 0 Å². The maximum Gasteiger partial charge on any atom is 0.264 e. The Bertz CT molecular complexity index is 1420. The van der Waals surface area contributed by atoms with Crippen LogP contribution in [-0.2, 0) is 15.4 Å². The lowest BCUT2D eigenvalue weighted by molar-refractivity contribution is 0.0981. The van der Waals surface area contributed by atoms with Gasteiger partial charge >= 0.3 is 0 Å². The van der Waals surface area contributed by atoms with Gasteiger partial charge in [0.1, 0.15) is 5.75 Å². The monoisotopic (exact) mass is 518 g/mol. The summed E-state index contributed by atoms with van der Waals surface area (Å²) in [5, 5.41) is 3.22. The molecule has 1 saturated carbocycles. The number of ether oxygens (including phenoxy) is 1. The molecule has 3 aromatic carbocycles. The molecule has 7 heteroatoms. The molecular weight excluding hydrogens is 484 g/mol. The molecule has 1 aliphatic carbocycles. The fraction of sp³-hybridized carbons (Fsp3) is 0.367. The highest BCUT2D eigenvalue weighted by Crippen LogP contribution is 2.45. The normalized spacial score (nSPS) is 18.6. The molecule has 1 fully saturated rings. The van der Waals surface area contributed by atoms with E-state index in [0.29, 0.717) is 18.4 Å². The standard InChI is InChI=1S/C30H34N2O4S/c1-19(2)36-24-11-8-20(9-12-24)21-6-5-7-22(16-21)28-18-30(3,4)26-17-23(10-15-27(26)31-28)29(33)32-37(34,35)25-13-14-25/h5-12,15-17,19,25,28,31H,13-14,18H2,1-4H3,(H,32,33). The third kappa shape index (κ3) is 5.52. The number of rotatable bonds is 7. The molecule has 37 heavy (non-hydrogen) atoms. The van der Waals surface area contributed by atoms with E-state index in [1.54, 1.807) is 6.07 Å². The molecule has 0 saturated heterocycles. The summed E-state index contributed by atoms with van der Waals surface area (Å²) in [5.74, 6) is 0.297. The number of amides is 1. The van der Waals surface area contributed by atoms with Crippen molar-refractivity contribution in [2.45, 2.75) is 69.8 Å². The van der Waals surface area contributed by atoms with Gasteiger partial charge < -0.3 is 10.1 Å². The van der Waals surface area contributed by atoms with E-state index in [0.717, 1.165) is 34.5 Å². The summed E-state index contributed by atoms with van der Waals surface area (Å²) in [7, 11) is -3.59. The highest BCUT2D eigenvalue weighted by Gasteiger charge is 2.38. The van der Waals surface area contributed by atoms with Crippen LogP contribution in [0.2, 0.25) is 0 Å². The molecule has 1 aliphatic heterocycles. The number of fused-ring (bicyclic) bond motifs is 1. The molecule has 1 unspecified atom stereocenters. The van der Waals surface area contributed by atoms with E-state index in [4.69, 9.17) is 4.74 Å². The van der Waals surface area contributed by atoms with Crippen molar-refractivity contribution in [2.24, 2.45) is 0 Å². The van der Waals surface area contributed by atoms with Crippen molar-refractivity contribution in [3.8, 4) is 16.9 Å². The smallest absolute Gasteiger partial charge is 0.264 e. The first-order valence-corrected chi connectivity index (χ1v) is 14.4. The molecular formula is C30H34N2O4S. The van der Waals surface area contributed by atoms with Crippen molar-refractivity contribution >= 4 is 21.6 Å². The van der Waals surface area contributed by atoms with E-state index in [9.17, 15) is 13.2 Å². The molecule has 0 radical (unpaired) electrons. The largest absolute Gasteiger partial charge is 0.491 e. The average molecular weight is 519 g/mol. The Kier molecular flexibility index (Phi) is 6.52. The maximum absolute atomic E-state index is 12.7. The number of benzene rings is 3. The van der Waals surface area contributed by atoms with Gasteiger partial charge in [-0.1, -0.05) is 44.2 Å².